The van der Waals surface area contributed by atoms with Gasteiger partial charge in [0.05, 0.1) is 5.69 Å². The number of ketones is 1. The molecular formula is C21H22FN3O3. The fraction of sp³-hybridized carbons (Fsp3) is 0.333. The van der Waals surface area contributed by atoms with Crippen molar-refractivity contribution >= 4 is 17.4 Å². The van der Waals surface area contributed by atoms with E-state index < -0.39 is 17.9 Å². The van der Waals surface area contributed by atoms with Crippen molar-refractivity contribution in [3.63, 3.8) is 0 Å². The van der Waals surface area contributed by atoms with E-state index in [1.807, 2.05) is 26.8 Å². The van der Waals surface area contributed by atoms with Crippen LogP contribution in [0.15, 0.2) is 30.3 Å². The number of hydrogen-bond donors (Lipinski definition) is 0. The SMILES string of the molecule is Cc1cc2nc(C)c(CCC(=O)O[C@@H](C)C(=O)c3ccc(F)cc3)c(C)n2n1. The van der Waals surface area contributed by atoms with Gasteiger partial charge in [-0.2, -0.15) is 5.10 Å². The maximum Gasteiger partial charge on any atom is 0.306 e. The van der Waals surface area contributed by atoms with Crippen LogP contribution < -0.4 is 0 Å². The number of hydrogen-bond acceptors (Lipinski definition) is 5. The number of ether oxygens (including phenoxy) is 1. The number of halogens is 1. The van der Waals surface area contributed by atoms with E-state index in [1.54, 1.807) is 4.52 Å². The van der Waals surface area contributed by atoms with Gasteiger partial charge in [-0.15, -0.1) is 0 Å². The van der Waals surface area contributed by atoms with Crippen LogP contribution in [0.2, 0.25) is 0 Å². The second-order valence-electron chi connectivity index (χ2n) is 6.82. The number of esters is 1. The minimum absolute atomic E-state index is 0.121. The average molecular weight is 383 g/mol. The van der Waals surface area contributed by atoms with E-state index in [9.17, 15) is 14.0 Å². The molecule has 0 N–H and O–H groups in total. The number of nitrogens with zero attached hydrogens (tertiary/aromatic N) is 3. The van der Waals surface area contributed by atoms with Crippen molar-refractivity contribution in [2.75, 3.05) is 0 Å². The quantitative estimate of drug-likeness (QED) is 0.481. The van der Waals surface area contributed by atoms with Crippen molar-refractivity contribution < 1.29 is 18.7 Å². The molecule has 2 heterocycles. The fourth-order valence-corrected chi connectivity index (χ4v) is 3.19. The highest BCUT2D eigenvalue weighted by Gasteiger charge is 2.20. The number of carbonyl (C=O) groups is 2. The van der Waals surface area contributed by atoms with Gasteiger partial charge in [0.25, 0.3) is 0 Å². The van der Waals surface area contributed by atoms with E-state index in [2.05, 4.69) is 10.1 Å². The molecule has 0 amide bonds. The first-order valence-corrected chi connectivity index (χ1v) is 9.08. The number of aromatic nitrogens is 3. The number of rotatable bonds is 6. The molecule has 3 aromatic rings. The molecule has 0 aliphatic rings. The first-order valence-electron chi connectivity index (χ1n) is 9.08. The first-order chi connectivity index (χ1) is 13.3. The Kier molecular flexibility index (Phi) is 5.53. The van der Waals surface area contributed by atoms with Gasteiger partial charge in [0.2, 0.25) is 5.78 Å². The molecule has 0 saturated heterocycles. The first kappa shape index (κ1) is 19.7. The van der Waals surface area contributed by atoms with Gasteiger partial charge in [-0.25, -0.2) is 13.9 Å². The minimum Gasteiger partial charge on any atom is -0.454 e. The lowest BCUT2D eigenvalue weighted by Gasteiger charge is -2.14. The Labute approximate surface area is 162 Å². The molecule has 6 nitrogen and oxygen atoms in total. The smallest absolute Gasteiger partial charge is 0.306 e. The highest BCUT2D eigenvalue weighted by molar-refractivity contribution is 6.00. The van der Waals surface area contributed by atoms with E-state index in [1.165, 1.54) is 31.2 Å². The second-order valence-corrected chi connectivity index (χ2v) is 6.82. The zero-order chi connectivity index (χ0) is 20.4. The lowest BCUT2D eigenvalue weighted by molar-refractivity contribution is -0.146. The van der Waals surface area contributed by atoms with Gasteiger partial charge in [0.15, 0.2) is 11.8 Å². The lowest BCUT2D eigenvalue weighted by atomic mass is 10.1. The molecule has 0 radical (unpaired) electrons. The van der Waals surface area contributed by atoms with Crippen LogP contribution in [0.5, 0.6) is 0 Å². The molecule has 7 heteroatoms. The maximum absolute atomic E-state index is 13.0. The molecular weight excluding hydrogens is 361 g/mol. The summed E-state index contributed by atoms with van der Waals surface area (Å²) in [6.45, 7) is 7.26. The van der Waals surface area contributed by atoms with Gasteiger partial charge in [0, 0.05) is 29.4 Å². The van der Waals surface area contributed by atoms with Gasteiger partial charge >= 0.3 is 5.97 Å². The van der Waals surface area contributed by atoms with Crippen LogP contribution in [-0.2, 0) is 16.0 Å². The Morgan fingerprint density at radius 3 is 2.54 bits per heavy atom. The largest absolute Gasteiger partial charge is 0.454 e. The van der Waals surface area contributed by atoms with Gasteiger partial charge in [-0.3, -0.25) is 9.59 Å². The van der Waals surface area contributed by atoms with E-state index in [0.29, 0.717) is 12.0 Å². The number of carbonyl (C=O) groups excluding carboxylic acids is 2. The zero-order valence-electron chi connectivity index (χ0n) is 16.3. The molecule has 1 atom stereocenters. The predicted molar refractivity (Wildman–Crippen MR) is 102 cm³/mol. The summed E-state index contributed by atoms with van der Waals surface area (Å²) >= 11 is 0. The molecule has 0 bridgehead atoms. The zero-order valence-corrected chi connectivity index (χ0v) is 16.3. The van der Waals surface area contributed by atoms with Crippen molar-refractivity contribution in [1.29, 1.82) is 0 Å². The van der Waals surface area contributed by atoms with Gasteiger partial charge in [-0.1, -0.05) is 0 Å². The minimum atomic E-state index is -0.936. The van der Waals surface area contributed by atoms with Crippen LogP contribution in [0, 0.1) is 26.6 Å². The number of benzene rings is 1. The van der Waals surface area contributed by atoms with Gasteiger partial charge < -0.3 is 4.74 Å². The molecule has 0 spiro atoms. The third-order valence-corrected chi connectivity index (χ3v) is 4.67. The summed E-state index contributed by atoms with van der Waals surface area (Å²) in [5.41, 5.74) is 4.66. The van der Waals surface area contributed by atoms with Crippen molar-refractivity contribution in [2.24, 2.45) is 0 Å². The topological polar surface area (TPSA) is 73.6 Å². The molecule has 28 heavy (non-hydrogen) atoms. The number of aryl methyl sites for hydroxylation is 3. The Hall–Kier alpha value is -3.09. The summed E-state index contributed by atoms with van der Waals surface area (Å²) in [5.74, 6) is -1.26. The van der Waals surface area contributed by atoms with Crippen molar-refractivity contribution in [3.05, 3.63) is 64.4 Å². The lowest BCUT2D eigenvalue weighted by Crippen LogP contribution is -2.24. The van der Waals surface area contributed by atoms with Crippen LogP contribution in [0.3, 0.4) is 0 Å². The van der Waals surface area contributed by atoms with Crippen molar-refractivity contribution in [3.8, 4) is 0 Å². The van der Waals surface area contributed by atoms with E-state index >= 15 is 0 Å². The maximum atomic E-state index is 13.0. The molecule has 3 rings (SSSR count). The molecule has 146 valence electrons. The van der Waals surface area contributed by atoms with Crippen molar-refractivity contribution in [2.45, 2.75) is 46.6 Å². The Morgan fingerprint density at radius 1 is 1.18 bits per heavy atom. The third-order valence-electron chi connectivity index (χ3n) is 4.67. The molecule has 0 fully saturated rings. The third kappa shape index (κ3) is 4.08. The summed E-state index contributed by atoms with van der Waals surface area (Å²) in [5, 5.41) is 4.42. The standard InChI is InChI=1S/C21H22FN3O3/c1-12-11-19-23-13(2)18(14(3)25(19)24-12)9-10-20(26)28-15(4)21(27)16-5-7-17(22)8-6-16/h5-8,11,15H,9-10H2,1-4H3/t15-/m0/s1. The van der Waals surface area contributed by atoms with Crippen LogP contribution >= 0.6 is 0 Å². The molecule has 0 saturated carbocycles. The fourth-order valence-electron chi connectivity index (χ4n) is 3.19. The van der Waals surface area contributed by atoms with Crippen LogP contribution in [-0.4, -0.2) is 32.5 Å². The summed E-state index contributed by atoms with van der Waals surface area (Å²) in [4.78, 5) is 29.1. The van der Waals surface area contributed by atoms with Crippen molar-refractivity contribution in [1.82, 2.24) is 14.6 Å². The van der Waals surface area contributed by atoms with E-state index in [4.69, 9.17) is 4.74 Å². The van der Waals surface area contributed by atoms with Crippen LogP contribution in [0.25, 0.3) is 5.65 Å². The molecule has 2 aromatic heterocycles. The Balaban J connectivity index is 1.65. The average Bonchev–Trinajstić information content (AvgIpc) is 3.01. The van der Waals surface area contributed by atoms with E-state index in [0.717, 1.165) is 28.3 Å². The highest BCUT2D eigenvalue weighted by Crippen LogP contribution is 2.17. The Morgan fingerprint density at radius 2 is 1.86 bits per heavy atom. The summed E-state index contributed by atoms with van der Waals surface area (Å²) in [7, 11) is 0. The number of Topliss-reactive ketones (excluding diaryl/α,β-unsaturated/α-hetero) is 1. The number of fused-ring (bicyclic) bond motifs is 1. The van der Waals surface area contributed by atoms with Crippen LogP contribution in [0.1, 0.15) is 46.3 Å². The van der Waals surface area contributed by atoms with Crippen LogP contribution in [0.4, 0.5) is 4.39 Å². The summed E-state index contributed by atoms with van der Waals surface area (Å²) < 4.78 is 20.0. The molecule has 0 unspecified atom stereocenters. The summed E-state index contributed by atoms with van der Waals surface area (Å²) in [6.07, 6.45) is -0.374. The summed E-state index contributed by atoms with van der Waals surface area (Å²) in [6, 6.07) is 7.06. The second kappa shape index (κ2) is 7.88. The monoisotopic (exact) mass is 383 g/mol. The van der Waals surface area contributed by atoms with Gasteiger partial charge in [-0.05, 0) is 63.9 Å². The molecule has 0 aliphatic heterocycles. The predicted octanol–water partition coefficient (Wildman–Crippen LogP) is 3.54. The van der Waals surface area contributed by atoms with E-state index in [-0.39, 0.29) is 12.2 Å². The molecule has 0 aliphatic carbocycles. The highest BCUT2D eigenvalue weighted by atomic mass is 19.1. The van der Waals surface area contributed by atoms with Gasteiger partial charge in [0.1, 0.15) is 5.82 Å². The molecule has 1 aromatic carbocycles. The Bertz CT molecular complexity index is 1040. The normalized spacial score (nSPS) is 12.2.